The molecule has 1 heterocycles. The Morgan fingerprint density at radius 2 is 1.70 bits per heavy atom. The fourth-order valence-electron chi connectivity index (χ4n) is 4.18. The van der Waals surface area contributed by atoms with Gasteiger partial charge in [-0.3, -0.25) is 9.59 Å². The standard InChI is InChI=1S/C29H30N4O4/c1-19-23(17-30-20(2)34)13-15-25-27(19)28(36)37-29(32-25)31-24-12-8-7-11-22(24)14-16-26(35)33(3)18-21-9-5-4-6-10-21/h4-13,15H,14,16-18H2,1-3H3,(H,30,34)(H,31,32). The molecule has 0 saturated carbocycles. The molecule has 0 saturated heterocycles. The number of para-hydroxylation sites is 1. The number of anilines is 2. The van der Waals surface area contributed by atoms with Crippen LogP contribution in [0.2, 0.25) is 0 Å². The number of carbonyl (C=O) groups excluding carboxylic acids is 2. The van der Waals surface area contributed by atoms with Gasteiger partial charge >= 0.3 is 11.6 Å². The predicted molar refractivity (Wildman–Crippen MR) is 143 cm³/mol. The number of fused-ring (bicyclic) bond motifs is 1. The summed E-state index contributed by atoms with van der Waals surface area (Å²) in [4.78, 5) is 43.1. The molecule has 0 bridgehead atoms. The van der Waals surface area contributed by atoms with E-state index >= 15 is 0 Å². The SMILES string of the molecule is CC(=O)NCc1ccc2nc(Nc3ccccc3CCC(=O)N(C)Cc3ccccc3)oc(=O)c2c1C. The molecule has 4 rings (SSSR count). The highest BCUT2D eigenvalue weighted by atomic mass is 16.4. The highest BCUT2D eigenvalue weighted by Gasteiger charge is 2.15. The minimum atomic E-state index is -0.509. The first kappa shape index (κ1) is 25.6. The van der Waals surface area contributed by atoms with Gasteiger partial charge in [-0.05, 0) is 47.7 Å². The maximum Gasteiger partial charge on any atom is 0.348 e. The molecular formula is C29H30N4O4. The molecule has 0 unspecified atom stereocenters. The van der Waals surface area contributed by atoms with Crippen LogP contribution in [0.15, 0.2) is 75.9 Å². The molecule has 0 fully saturated rings. The Morgan fingerprint density at radius 1 is 0.973 bits per heavy atom. The number of hydrogen-bond donors (Lipinski definition) is 2. The van der Waals surface area contributed by atoms with Gasteiger partial charge in [0.2, 0.25) is 11.8 Å². The molecule has 0 spiro atoms. The van der Waals surface area contributed by atoms with Crippen molar-refractivity contribution < 1.29 is 14.0 Å². The van der Waals surface area contributed by atoms with Gasteiger partial charge in [-0.15, -0.1) is 0 Å². The van der Waals surface area contributed by atoms with E-state index in [0.29, 0.717) is 36.8 Å². The van der Waals surface area contributed by atoms with Crippen molar-refractivity contribution in [1.82, 2.24) is 15.2 Å². The summed E-state index contributed by atoms with van der Waals surface area (Å²) in [5.41, 5.74) is 4.24. The van der Waals surface area contributed by atoms with Crippen molar-refractivity contribution in [1.29, 1.82) is 0 Å². The van der Waals surface area contributed by atoms with Crippen LogP contribution < -0.4 is 16.3 Å². The summed E-state index contributed by atoms with van der Waals surface area (Å²) in [7, 11) is 1.80. The number of nitrogens with one attached hydrogen (secondary N) is 2. The van der Waals surface area contributed by atoms with Gasteiger partial charge in [0.05, 0.1) is 10.9 Å². The molecule has 8 heteroatoms. The van der Waals surface area contributed by atoms with Crippen LogP contribution in [0.5, 0.6) is 0 Å². The summed E-state index contributed by atoms with van der Waals surface area (Å²) in [6, 6.07) is 21.1. The van der Waals surface area contributed by atoms with E-state index in [1.54, 1.807) is 18.0 Å². The van der Waals surface area contributed by atoms with Crippen molar-refractivity contribution in [3.8, 4) is 0 Å². The quantitative estimate of drug-likeness (QED) is 0.353. The lowest BCUT2D eigenvalue weighted by Gasteiger charge is -2.18. The molecule has 0 radical (unpaired) electrons. The number of amides is 2. The Labute approximate surface area is 215 Å². The van der Waals surface area contributed by atoms with E-state index in [9.17, 15) is 14.4 Å². The number of carbonyl (C=O) groups is 2. The van der Waals surface area contributed by atoms with E-state index in [1.807, 2.05) is 67.6 Å². The largest absolute Gasteiger partial charge is 0.388 e. The Bertz CT molecular complexity index is 1480. The highest BCUT2D eigenvalue weighted by molar-refractivity contribution is 5.83. The fourth-order valence-corrected chi connectivity index (χ4v) is 4.18. The minimum Gasteiger partial charge on any atom is -0.388 e. The van der Waals surface area contributed by atoms with Gasteiger partial charge in [0, 0.05) is 39.2 Å². The normalized spacial score (nSPS) is 10.8. The molecule has 37 heavy (non-hydrogen) atoms. The molecule has 0 aliphatic carbocycles. The van der Waals surface area contributed by atoms with Crippen LogP contribution >= 0.6 is 0 Å². The third kappa shape index (κ3) is 6.41. The van der Waals surface area contributed by atoms with Crippen LogP contribution in [0.25, 0.3) is 10.9 Å². The van der Waals surface area contributed by atoms with Gasteiger partial charge < -0.3 is 20.0 Å². The average Bonchev–Trinajstić information content (AvgIpc) is 2.88. The third-order valence-corrected chi connectivity index (χ3v) is 6.25. The van der Waals surface area contributed by atoms with Crippen molar-refractivity contribution in [2.24, 2.45) is 0 Å². The maximum atomic E-state index is 12.8. The summed E-state index contributed by atoms with van der Waals surface area (Å²) in [5.74, 6) is -0.105. The van der Waals surface area contributed by atoms with E-state index in [2.05, 4.69) is 15.6 Å². The summed E-state index contributed by atoms with van der Waals surface area (Å²) in [6.07, 6.45) is 0.859. The van der Waals surface area contributed by atoms with Crippen LogP contribution in [-0.4, -0.2) is 28.7 Å². The third-order valence-electron chi connectivity index (χ3n) is 6.25. The molecule has 0 aliphatic rings. The molecule has 8 nitrogen and oxygen atoms in total. The van der Waals surface area contributed by atoms with E-state index in [4.69, 9.17) is 4.42 Å². The summed E-state index contributed by atoms with van der Waals surface area (Å²) in [5, 5.41) is 6.24. The smallest absolute Gasteiger partial charge is 0.348 e. The monoisotopic (exact) mass is 498 g/mol. The highest BCUT2D eigenvalue weighted by Crippen LogP contribution is 2.24. The van der Waals surface area contributed by atoms with E-state index in [-0.39, 0.29) is 17.8 Å². The molecule has 0 atom stereocenters. The predicted octanol–water partition coefficient (Wildman–Crippen LogP) is 4.47. The molecule has 2 amide bonds. The van der Waals surface area contributed by atoms with E-state index in [0.717, 1.165) is 27.9 Å². The molecular weight excluding hydrogens is 468 g/mol. The van der Waals surface area contributed by atoms with Crippen LogP contribution in [0, 0.1) is 6.92 Å². The number of aryl methyl sites for hydroxylation is 2. The van der Waals surface area contributed by atoms with Gasteiger partial charge in [-0.2, -0.15) is 4.98 Å². The van der Waals surface area contributed by atoms with Crippen LogP contribution in [0.1, 0.15) is 35.6 Å². The second-order valence-electron chi connectivity index (χ2n) is 8.98. The van der Waals surface area contributed by atoms with Gasteiger partial charge in [0.25, 0.3) is 0 Å². The van der Waals surface area contributed by atoms with Crippen molar-refractivity contribution in [3.05, 3.63) is 99.4 Å². The summed E-state index contributed by atoms with van der Waals surface area (Å²) >= 11 is 0. The number of aromatic nitrogens is 1. The second-order valence-corrected chi connectivity index (χ2v) is 8.98. The Hall–Kier alpha value is -4.46. The number of rotatable bonds is 9. The van der Waals surface area contributed by atoms with E-state index < -0.39 is 5.63 Å². The zero-order valence-corrected chi connectivity index (χ0v) is 21.2. The fraction of sp³-hybridized carbons (Fsp3) is 0.241. The lowest BCUT2D eigenvalue weighted by atomic mass is 10.0. The number of benzene rings is 3. The van der Waals surface area contributed by atoms with Crippen LogP contribution in [-0.2, 0) is 29.1 Å². The first-order valence-electron chi connectivity index (χ1n) is 12.1. The zero-order valence-electron chi connectivity index (χ0n) is 21.2. The molecule has 0 aliphatic heterocycles. The van der Waals surface area contributed by atoms with Crippen molar-refractivity contribution in [2.75, 3.05) is 12.4 Å². The molecule has 1 aromatic heterocycles. The number of nitrogens with zero attached hydrogens (tertiary/aromatic N) is 2. The molecule has 4 aromatic rings. The van der Waals surface area contributed by atoms with Gasteiger partial charge in [0.15, 0.2) is 0 Å². The first-order valence-corrected chi connectivity index (χ1v) is 12.1. The first-order chi connectivity index (χ1) is 17.8. The Kier molecular flexibility index (Phi) is 7.98. The lowest BCUT2D eigenvalue weighted by molar-refractivity contribution is -0.130. The Balaban J connectivity index is 1.48. The van der Waals surface area contributed by atoms with Gasteiger partial charge in [0.1, 0.15) is 0 Å². The molecule has 190 valence electrons. The van der Waals surface area contributed by atoms with Gasteiger partial charge in [-0.25, -0.2) is 4.79 Å². The minimum absolute atomic E-state index is 0.0413. The van der Waals surface area contributed by atoms with Crippen molar-refractivity contribution in [2.45, 2.75) is 39.8 Å². The molecule has 2 N–H and O–H groups in total. The van der Waals surface area contributed by atoms with E-state index in [1.165, 1.54) is 6.92 Å². The lowest BCUT2D eigenvalue weighted by Crippen LogP contribution is -2.26. The van der Waals surface area contributed by atoms with Crippen LogP contribution in [0.4, 0.5) is 11.7 Å². The van der Waals surface area contributed by atoms with Crippen LogP contribution in [0.3, 0.4) is 0 Å². The number of hydrogen-bond acceptors (Lipinski definition) is 6. The molecule has 3 aromatic carbocycles. The summed E-state index contributed by atoms with van der Waals surface area (Å²) in [6.45, 7) is 4.13. The van der Waals surface area contributed by atoms with Crippen molar-refractivity contribution in [3.63, 3.8) is 0 Å². The summed E-state index contributed by atoms with van der Waals surface area (Å²) < 4.78 is 5.50. The van der Waals surface area contributed by atoms with Gasteiger partial charge in [-0.1, -0.05) is 54.6 Å². The topological polar surface area (TPSA) is 105 Å². The van der Waals surface area contributed by atoms with Crippen molar-refractivity contribution >= 4 is 34.4 Å². The Morgan fingerprint density at radius 3 is 2.46 bits per heavy atom. The second kappa shape index (κ2) is 11.5. The zero-order chi connectivity index (χ0) is 26.4. The maximum absolute atomic E-state index is 12.8. The average molecular weight is 499 g/mol.